The van der Waals surface area contributed by atoms with Crippen LogP contribution in [0.5, 0.6) is 0 Å². The fourth-order valence-electron chi connectivity index (χ4n) is 10.6. The lowest BCUT2D eigenvalue weighted by Crippen LogP contribution is -2.04. The van der Waals surface area contributed by atoms with Gasteiger partial charge in [0.05, 0.1) is 16.7 Å². The molecule has 14 aromatic rings. The molecule has 0 fully saturated rings. The molecule has 3 aromatic heterocycles. The second-order valence-corrected chi connectivity index (χ2v) is 19.0. The fraction of sp³-hybridized carbons (Fsp3) is 0. The number of rotatable bonds is 7. The van der Waals surface area contributed by atoms with Crippen molar-refractivity contribution >= 4 is 74.9 Å². The molecule has 11 aromatic carbocycles. The predicted molar refractivity (Wildman–Crippen MR) is 295 cm³/mol. The molecule has 70 heavy (non-hydrogen) atoms. The van der Waals surface area contributed by atoms with E-state index in [1.54, 1.807) is 11.3 Å². The second-order valence-electron chi connectivity index (χ2n) is 17.9. The molecule has 5 heteroatoms. The van der Waals surface area contributed by atoms with Crippen molar-refractivity contribution in [1.29, 1.82) is 0 Å². The summed E-state index contributed by atoms with van der Waals surface area (Å²) in [5.41, 5.74) is 12.9. The van der Waals surface area contributed by atoms with Gasteiger partial charge in [-0.25, -0.2) is 15.0 Å². The summed E-state index contributed by atoms with van der Waals surface area (Å²) in [6.07, 6.45) is 0. The Morgan fingerprint density at radius 3 is 1.63 bits per heavy atom. The molecule has 0 aliphatic heterocycles. The van der Waals surface area contributed by atoms with E-state index in [1.807, 2.05) is 18.2 Å². The van der Waals surface area contributed by atoms with Crippen LogP contribution in [0.1, 0.15) is 0 Å². The van der Waals surface area contributed by atoms with E-state index in [0.717, 1.165) is 83.0 Å². The SMILES string of the molecule is c1ccc(-c2cccc(-c3cc(-c4nc(-c5ccccc5)nc(-c5cccc6sc7ccccc7c56)n4)c4ccc(-c5ccccc5)cc4c3-n3c4ccccc4c4cc5ccccc5cc43)c2)cc1. The maximum Gasteiger partial charge on any atom is 0.164 e. The summed E-state index contributed by atoms with van der Waals surface area (Å²) >= 11 is 1.80. The average molecular weight is 909 g/mol. The lowest BCUT2D eigenvalue weighted by atomic mass is 9.90. The quantitative estimate of drug-likeness (QED) is 0.160. The summed E-state index contributed by atoms with van der Waals surface area (Å²) in [6, 6.07) is 87.3. The average Bonchev–Trinajstić information content (AvgIpc) is 3.98. The van der Waals surface area contributed by atoms with Gasteiger partial charge in [-0.05, 0) is 92.5 Å². The highest BCUT2D eigenvalue weighted by Gasteiger charge is 2.25. The van der Waals surface area contributed by atoms with Crippen LogP contribution in [-0.4, -0.2) is 19.5 Å². The minimum atomic E-state index is 0.609. The Bertz CT molecular complexity index is 4350. The van der Waals surface area contributed by atoms with Crippen molar-refractivity contribution in [2.75, 3.05) is 0 Å². The van der Waals surface area contributed by atoms with E-state index in [1.165, 1.54) is 36.3 Å². The summed E-state index contributed by atoms with van der Waals surface area (Å²) in [5, 5.41) is 9.30. The minimum Gasteiger partial charge on any atom is -0.308 e. The van der Waals surface area contributed by atoms with Crippen LogP contribution in [0.2, 0.25) is 0 Å². The number of hydrogen-bond acceptors (Lipinski definition) is 4. The van der Waals surface area contributed by atoms with E-state index in [-0.39, 0.29) is 0 Å². The van der Waals surface area contributed by atoms with Crippen LogP contribution in [0.4, 0.5) is 0 Å². The van der Waals surface area contributed by atoms with Crippen LogP contribution in [0, 0.1) is 0 Å². The van der Waals surface area contributed by atoms with Crippen molar-refractivity contribution < 1.29 is 0 Å². The molecule has 3 heterocycles. The lowest BCUT2D eigenvalue weighted by Gasteiger charge is -2.21. The maximum absolute atomic E-state index is 5.57. The van der Waals surface area contributed by atoms with E-state index in [2.05, 4.69) is 229 Å². The van der Waals surface area contributed by atoms with Crippen LogP contribution in [0.15, 0.2) is 243 Å². The summed E-state index contributed by atoms with van der Waals surface area (Å²) in [5.74, 6) is 1.87. The predicted octanol–water partition coefficient (Wildman–Crippen LogP) is 17.6. The molecule has 0 aliphatic carbocycles. The molecular weight excluding hydrogens is 869 g/mol. The monoisotopic (exact) mass is 908 g/mol. The Balaban J connectivity index is 1.14. The number of para-hydroxylation sites is 1. The molecule has 0 bridgehead atoms. The number of aromatic nitrogens is 4. The highest BCUT2D eigenvalue weighted by molar-refractivity contribution is 7.25. The molecule has 0 aliphatic rings. The maximum atomic E-state index is 5.57. The largest absolute Gasteiger partial charge is 0.308 e. The van der Waals surface area contributed by atoms with Crippen molar-refractivity contribution in [3.8, 4) is 73.2 Å². The van der Waals surface area contributed by atoms with E-state index in [0.29, 0.717) is 17.5 Å². The zero-order valence-corrected chi connectivity index (χ0v) is 38.6. The third kappa shape index (κ3) is 6.62. The first kappa shape index (κ1) is 40.1. The van der Waals surface area contributed by atoms with Gasteiger partial charge in [0.1, 0.15) is 0 Å². The molecule has 0 atom stereocenters. The zero-order chi connectivity index (χ0) is 46.1. The first-order valence-electron chi connectivity index (χ1n) is 23.7. The fourth-order valence-corrected chi connectivity index (χ4v) is 11.7. The topological polar surface area (TPSA) is 43.6 Å². The smallest absolute Gasteiger partial charge is 0.164 e. The number of fused-ring (bicyclic) bond motifs is 8. The van der Waals surface area contributed by atoms with Crippen LogP contribution in [0.25, 0.3) is 137 Å². The molecular formula is C65H40N4S. The molecule has 0 unspecified atom stereocenters. The van der Waals surface area contributed by atoms with Gasteiger partial charge in [0, 0.05) is 58.6 Å². The molecule has 326 valence electrons. The van der Waals surface area contributed by atoms with E-state index >= 15 is 0 Å². The Morgan fingerprint density at radius 2 is 0.857 bits per heavy atom. The molecule has 4 nitrogen and oxygen atoms in total. The summed E-state index contributed by atoms with van der Waals surface area (Å²) in [7, 11) is 0. The number of hydrogen-bond donors (Lipinski definition) is 0. The zero-order valence-electron chi connectivity index (χ0n) is 37.8. The van der Waals surface area contributed by atoms with Gasteiger partial charge in [-0.15, -0.1) is 11.3 Å². The third-order valence-corrected chi connectivity index (χ3v) is 14.9. The van der Waals surface area contributed by atoms with Gasteiger partial charge >= 0.3 is 0 Å². The van der Waals surface area contributed by atoms with Gasteiger partial charge in [-0.1, -0.05) is 194 Å². The van der Waals surface area contributed by atoms with Gasteiger partial charge in [-0.3, -0.25) is 0 Å². The highest BCUT2D eigenvalue weighted by atomic mass is 32.1. The number of thiophene rings is 1. The number of benzene rings is 11. The van der Waals surface area contributed by atoms with Gasteiger partial charge in [-0.2, -0.15) is 0 Å². The van der Waals surface area contributed by atoms with Gasteiger partial charge in [0.2, 0.25) is 0 Å². The first-order valence-corrected chi connectivity index (χ1v) is 24.5. The van der Waals surface area contributed by atoms with Crippen LogP contribution in [0.3, 0.4) is 0 Å². The van der Waals surface area contributed by atoms with Gasteiger partial charge in [0.25, 0.3) is 0 Å². The van der Waals surface area contributed by atoms with Crippen LogP contribution >= 0.6 is 11.3 Å². The van der Waals surface area contributed by atoms with Crippen molar-refractivity contribution in [3.05, 3.63) is 243 Å². The molecule has 0 spiro atoms. The molecule has 0 amide bonds. The van der Waals surface area contributed by atoms with Gasteiger partial charge in [0.15, 0.2) is 17.5 Å². The molecule has 0 saturated heterocycles. The second kappa shape index (κ2) is 16.3. The van der Waals surface area contributed by atoms with Gasteiger partial charge < -0.3 is 4.57 Å². The van der Waals surface area contributed by atoms with Crippen molar-refractivity contribution in [1.82, 2.24) is 19.5 Å². The van der Waals surface area contributed by atoms with E-state index in [4.69, 9.17) is 15.0 Å². The Morgan fingerprint density at radius 1 is 0.286 bits per heavy atom. The Kier molecular flexibility index (Phi) is 9.36. The van der Waals surface area contributed by atoms with Crippen molar-refractivity contribution in [2.45, 2.75) is 0 Å². The lowest BCUT2D eigenvalue weighted by molar-refractivity contribution is 1.08. The Labute approximate surface area is 408 Å². The molecule has 0 radical (unpaired) electrons. The summed E-state index contributed by atoms with van der Waals surface area (Å²) < 4.78 is 4.95. The van der Waals surface area contributed by atoms with Crippen molar-refractivity contribution in [2.24, 2.45) is 0 Å². The normalized spacial score (nSPS) is 11.7. The summed E-state index contributed by atoms with van der Waals surface area (Å²) in [6.45, 7) is 0. The van der Waals surface area contributed by atoms with Crippen molar-refractivity contribution in [3.63, 3.8) is 0 Å². The number of nitrogens with zero attached hydrogens (tertiary/aromatic N) is 4. The standard InChI is InChI=1S/C65H40N4S/c1-4-18-41(19-5-1)44-26-16-27-48(36-44)53-40-56(65-67-63(43-22-8-3-9-23-43)66-64(68-65)52-30-17-33-60-61(52)51-29-13-15-32-59(51)70-60)49-35-34-47(42-20-6-2-7-21-42)38-55(49)62(53)69-57-31-14-12-28-50(57)54-37-45-24-10-11-25-46(45)39-58(54)69/h1-40H. The third-order valence-electron chi connectivity index (χ3n) is 13.8. The highest BCUT2D eigenvalue weighted by Crippen LogP contribution is 2.46. The van der Waals surface area contributed by atoms with E-state index in [9.17, 15) is 0 Å². The van der Waals surface area contributed by atoms with E-state index < -0.39 is 0 Å². The molecule has 0 N–H and O–H groups in total. The molecule has 14 rings (SSSR count). The van der Waals surface area contributed by atoms with Crippen LogP contribution < -0.4 is 0 Å². The first-order chi connectivity index (χ1) is 34.7. The Hall–Kier alpha value is -9.03. The minimum absolute atomic E-state index is 0.609. The molecule has 0 saturated carbocycles. The van der Waals surface area contributed by atoms with Crippen LogP contribution in [-0.2, 0) is 0 Å². The summed E-state index contributed by atoms with van der Waals surface area (Å²) in [4.78, 5) is 16.4.